The standard InChI is InChI=1S/C19H18N6O2/c1-3-27-15-10-12(11-5-4-6-13(9-11)20-2)7-8-14(15)17-21-18-16(19(26)22-17)23-25-24-18/h4-10,20H,3H2,1-2H3,(H2,21,22,23,24,25,26). The van der Waals surface area contributed by atoms with E-state index >= 15 is 0 Å². The number of hydrogen-bond acceptors (Lipinski definition) is 6. The summed E-state index contributed by atoms with van der Waals surface area (Å²) in [6, 6.07) is 13.9. The Bertz CT molecular complexity index is 1160. The van der Waals surface area contributed by atoms with Gasteiger partial charge in [0.25, 0.3) is 5.56 Å². The van der Waals surface area contributed by atoms with Gasteiger partial charge in [-0.15, -0.1) is 10.2 Å². The Morgan fingerprint density at radius 2 is 1.96 bits per heavy atom. The van der Waals surface area contributed by atoms with Crippen LogP contribution in [0, 0.1) is 0 Å². The molecule has 0 aliphatic heterocycles. The van der Waals surface area contributed by atoms with Crippen LogP contribution >= 0.6 is 0 Å². The predicted molar refractivity (Wildman–Crippen MR) is 104 cm³/mol. The van der Waals surface area contributed by atoms with Gasteiger partial charge in [-0.25, -0.2) is 4.98 Å². The van der Waals surface area contributed by atoms with Crippen LogP contribution in [0.4, 0.5) is 5.69 Å². The molecule has 0 saturated heterocycles. The SMILES string of the molecule is CCOc1cc(-c2cccc(NC)c2)ccc1-c1nc2n[nH]nc2c(=O)[nH]1. The molecular weight excluding hydrogens is 344 g/mol. The van der Waals surface area contributed by atoms with Crippen molar-refractivity contribution in [1.29, 1.82) is 0 Å². The van der Waals surface area contributed by atoms with Crippen molar-refractivity contribution < 1.29 is 4.74 Å². The number of H-pyrrole nitrogens is 2. The first kappa shape index (κ1) is 16.8. The summed E-state index contributed by atoms with van der Waals surface area (Å²) in [7, 11) is 1.88. The van der Waals surface area contributed by atoms with Crippen LogP contribution in [0.3, 0.4) is 0 Å². The zero-order valence-corrected chi connectivity index (χ0v) is 14.9. The summed E-state index contributed by atoms with van der Waals surface area (Å²) >= 11 is 0. The number of rotatable bonds is 5. The lowest BCUT2D eigenvalue weighted by atomic mass is 10.0. The Kier molecular flexibility index (Phi) is 4.29. The van der Waals surface area contributed by atoms with Crippen molar-refractivity contribution in [3.8, 4) is 28.3 Å². The lowest BCUT2D eigenvalue weighted by Gasteiger charge is -2.12. The second kappa shape index (κ2) is 6.91. The lowest BCUT2D eigenvalue weighted by molar-refractivity contribution is 0.341. The van der Waals surface area contributed by atoms with E-state index in [2.05, 4.69) is 36.8 Å². The fourth-order valence-electron chi connectivity index (χ4n) is 2.91. The maximum absolute atomic E-state index is 12.2. The summed E-state index contributed by atoms with van der Waals surface area (Å²) in [6.07, 6.45) is 0. The largest absolute Gasteiger partial charge is 0.493 e. The average molecular weight is 362 g/mol. The lowest BCUT2D eigenvalue weighted by Crippen LogP contribution is -2.10. The number of aromatic nitrogens is 5. The van der Waals surface area contributed by atoms with Crippen molar-refractivity contribution in [2.24, 2.45) is 0 Å². The highest BCUT2D eigenvalue weighted by Crippen LogP contribution is 2.33. The van der Waals surface area contributed by atoms with Gasteiger partial charge in [-0.1, -0.05) is 18.2 Å². The van der Waals surface area contributed by atoms with Gasteiger partial charge in [-0.05, 0) is 42.3 Å². The molecule has 0 aliphatic carbocycles. The summed E-state index contributed by atoms with van der Waals surface area (Å²) < 4.78 is 5.82. The summed E-state index contributed by atoms with van der Waals surface area (Å²) in [5, 5.41) is 13.3. The normalized spacial score (nSPS) is 10.9. The molecule has 0 atom stereocenters. The third-order valence-electron chi connectivity index (χ3n) is 4.22. The van der Waals surface area contributed by atoms with E-state index in [-0.39, 0.29) is 16.7 Å². The Morgan fingerprint density at radius 1 is 1.11 bits per heavy atom. The van der Waals surface area contributed by atoms with Crippen LogP contribution in [-0.4, -0.2) is 39.0 Å². The van der Waals surface area contributed by atoms with Crippen molar-refractivity contribution in [2.75, 3.05) is 19.0 Å². The van der Waals surface area contributed by atoms with E-state index in [1.54, 1.807) is 0 Å². The Hall–Kier alpha value is -3.68. The number of aromatic amines is 2. The Balaban J connectivity index is 1.84. The van der Waals surface area contributed by atoms with E-state index in [9.17, 15) is 4.79 Å². The molecule has 27 heavy (non-hydrogen) atoms. The monoisotopic (exact) mass is 362 g/mol. The Labute approximate surface area is 154 Å². The third kappa shape index (κ3) is 3.12. The molecule has 0 bridgehead atoms. The van der Waals surface area contributed by atoms with E-state index in [1.807, 2.05) is 50.4 Å². The van der Waals surface area contributed by atoms with Gasteiger partial charge in [-0.3, -0.25) is 4.79 Å². The van der Waals surface area contributed by atoms with E-state index < -0.39 is 0 Å². The van der Waals surface area contributed by atoms with Gasteiger partial charge in [0.15, 0.2) is 5.52 Å². The second-order valence-corrected chi connectivity index (χ2v) is 5.89. The van der Waals surface area contributed by atoms with Crippen LogP contribution in [0.25, 0.3) is 33.7 Å². The number of fused-ring (bicyclic) bond motifs is 1. The molecule has 3 N–H and O–H groups in total. The molecular formula is C19H18N6O2. The molecule has 2 heterocycles. The van der Waals surface area contributed by atoms with Crippen molar-refractivity contribution in [3.63, 3.8) is 0 Å². The number of hydrogen-bond donors (Lipinski definition) is 3. The van der Waals surface area contributed by atoms with Crippen molar-refractivity contribution in [3.05, 3.63) is 52.8 Å². The highest BCUT2D eigenvalue weighted by atomic mass is 16.5. The summed E-state index contributed by atoms with van der Waals surface area (Å²) in [6.45, 7) is 2.40. The first-order chi connectivity index (χ1) is 13.2. The van der Waals surface area contributed by atoms with E-state index in [0.717, 1.165) is 16.8 Å². The molecule has 0 spiro atoms. The maximum Gasteiger partial charge on any atom is 0.281 e. The smallest absolute Gasteiger partial charge is 0.281 e. The molecule has 0 aliphatic rings. The van der Waals surface area contributed by atoms with Gasteiger partial charge >= 0.3 is 0 Å². The number of benzene rings is 2. The topological polar surface area (TPSA) is 109 Å². The second-order valence-electron chi connectivity index (χ2n) is 5.89. The average Bonchev–Trinajstić information content (AvgIpc) is 3.17. The van der Waals surface area contributed by atoms with Crippen molar-refractivity contribution >= 4 is 16.9 Å². The highest BCUT2D eigenvalue weighted by molar-refractivity contribution is 5.77. The third-order valence-corrected chi connectivity index (χ3v) is 4.22. The van der Waals surface area contributed by atoms with Gasteiger partial charge in [0.05, 0.1) is 12.2 Å². The number of nitrogens with one attached hydrogen (secondary N) is 3. The molecule has 8 nitrogen and oxygen atoms in total. The van der Waals surface area contributed by atoms with Crippen LogP contribution in [0.5, 0.6) is 5.75 Å². The Morgan fingerprint density at radius 3 is 2.78 bits per heavy atom. The zero-order valence-electron chi connectivity index (χ0n) is 14.9. The summed E-state index contributed by atoms with van der Waals surface area (Å²) in [5.74, 6) is 1.02. The molecule has 0 unspecified atom stereocenters. The van der Waals surface area contributed by atoms with Crippen LogP contribution in [-0.2, 0) is 0 Å². The molecule has 0 saturated carbocycles. The summed E-state index contributed by atoms with van der Waals surface area (Å²) in [4.78, 5) is 19.3. The molecule has 0 radical (unpaired) electrons. The van der Waals surface area contributed by atoms with Gasteiger partial charge in [0.2, 0.25) is 5.65 Å². The maximum atomic E-state index is 12.2. The molecule has 2 aromatic heterocycles. The van der Waals surface area contributed by atoms with Crippen LogP contribution in [0.1, 0.15) is 6.92 Å². The van der Waals surface area contributed by atoms with Crippen LogP contribution in [0.15, 0.2) is 47.3 Å². The molecule has 4 rings (SSSR count). The molecule has 2 aromatic carbocycles. The van der Waals surface area contributed by atoms with E-state index in [1.165, 1.54) is 0 Å². The van der Waals surface area contributed by atoms with E-state index in [4.69, 9.17) is 4.74 Å². The van der Waals surface area contributed by atoms with Crippen LogP contribution in [0.2, 0.25) is 0 Å². The van der Waals surface area contributed by atoms with Crippen molar-refractivity contribution in [2.45, 2.75) is 6.92 Å². The highest BCUT2D eigenvalue weighted by Gasteiger charge is 2.14. The van der Waals surface area contributed by atoms with Gasteiger partial charge in [0.1, 0.15) is 11.6 Å². The molecule has 0 fully saturated rings. The fourth-order valence-corrected chi connectivity index (χ4v) is 2.91. The van der Waals surface area contributed by atoms with Crippen molar-refractivity contribution in [1.82, 2.24) is 25.4 Å². The van der Waals surface area contributed by atoms with Gasteiger partial charge in [0, 0.05) is 12.7 Å². The summed E-state index contributed by atoms with van der Waals surface area (Å²) in [5.41, 5.74) is 3.87. The van der Waals surface area contributed by atoms with Crippen LogP contribution < -0.4 is 15.6 Å². The van der Waals surface area contributed by atoms with Gasteiger partial charge < -0.3 is 15.0 Å². The number of ether oxygens (including phenoxy) is 1. The first-order valence-corrected chi connectivity index (χ1v) is 8.56. The molecule has 4 aromatic rings. The molecule has 136 valence electrons. The quantitative estimate of drug-likeness (QED) is 0.504. The molecule has 8 heteroatoms. The predicted octanol–water partition coefficient (Wildman–Crippen LogP) is 2.82. The van der Waals surface area contributed by atoms with E-state index in [0.29, 0.717) is 23.7 Å². The zero-order chi connectivity index (χ0) is 18.8. The minimum absolute atomic E-state index is 0.178. The van der Waals surface area contributed by atoms with Gasteiger partial charge in [-0.2, -0.15) is 5.21 Å². The number of nitrogens with zero attached hydrogens (tertiary/aromatic N) is 3. The fraction of sp³-hybridized carbons (Fsp3) is 0.158. The molecule has 0 amide bonds. The first-order valence-electron chi connectivity index (χ1n) is 8.56. The minimum Gasteiger partial charge on any atom is -0.493 e. The minimum atomic E-state index is -0.350. The number of anilines is 1.